The minimum Gasteiger partial charge on any atom is -0.481 e. The van der Waals surface area contributed by atoms with E-state index >= 15 is 0 Å². The normalized spacial score (nSPS) is 16.2. The lowest BCUT2D eigenvalue weighted by Gasteiger charge is -2.31. The lowest BCUT2D eigenvalue weighted by Crippen LogP contribution is -2.43. The minimum absolute atomic E-state index is 0.0239. The molecule has 0 saturated carbocycles. The average molecular weight is 743 g/mol. The highest BCUT2D eigenvalue weighted by Crippen LogP contribution is 2.45. The van der Waals surface area contributed by atoms with Gasteiger partial charge in [0.05, 0.1) is 30.5 Å². The Kier molecular flexibility index (Phi) is 11.0. The number of nitrogens with zero attached hydrogens (tertiary/aromatic N) is 4. The molecule has 278 valence electrons. The summed E-state index contributed by atoms with van der Waals surface area (Å²) < 4.78 is 13.6. The molecule has 0 bridgehead atoms. The summed E-state index contributed by atoms with van der Waals surface area (Å²) in [5.74, 6) is -0.285. The number of nitrogens with one attached hydrogen (secondary N) is 2. The van der Waals surface area contributed by atoms with Crippen LogP contribution in [0.5, 0.6) is 5.88 Å². The van der Waals surface area contributed by atoms with Crippen LogP contribution < -0.4 is 26.6 Å². The molecule has 0 radical (unpaired) electrons. The lowest BCUT2D eigenvalue weighted by atomic mass is 9.96. The van der Waals surface area contributed by atoms with Crippen LogP contribution in [0.2, 0.25) is 5.02 Å². The molecule has 2 aliphatic rings. The van der Waals surface area contributed by atoms with Crippen LogP contribution in [0.15, 0.2) is 58.3 Å². The fraction of sp³-hybridized carbons (Fsp3) is 0.385. The van der Waals surface area contributed by atoms with E-state index in [0.29, 0.717) is 77.8 Å². The van der Waals surface area contributed by atoms with Gasteiger partial charge < -0.3 is 24.7 Å². The molecule has 1 aliphatic heterocycles. The number of fused-ring (bicyclic) bond motifs is 1. The molecule has 1 saturated heterocycles. The maximum Gasteiger partial charge on any atom is 0.410 e. The van der Waals surface area contributed by atoms with Gasteiger partial charge in [-0.2, -0.15) is 0 Å². The quantitative estimate of drug-likeness (QED) is 0.190. The molecular formula is C39H43ClN6O7. The second kappa shape index (κ2) is 15.7. The third-order valence-corrected chi connectivity index (χ3v) is 10.4. The summed E-state index contributed by atoms with van der Waals surface area (Å²) in [7, 11) is 4.35. The van der Waals surface area contributed by atoms with Gasteiger partial charge >= 0.3 is 11.8 Å². The van der Waals surface area contributed by atoms with Crippen LogP contribution >= 0.6 is 11.6 Å². The standard InChI is InChI=1S/C39H43ClN6O7/c1-6-7-18-53-39(51)46(20-24-15-17-32(47)41-24)31-16-14-23-19-30(43-36(52-5)33(23)31)27-12-8-11-26(34(27)40)25-10-9-13-29(22(25)2)42-35(48)28-21-44(3)38(50)45(4)37(28)49/h8-13,19,21,24,31H,6-7,14-18,20H2,1-5H3,(H,41,47)(H,42,48). The molecule has 1 aliphatic carbocycles. The number of unbranched alkanes of at least 4 members (excludes halogenated alkanes) is 1. The van der Waals surface area contributed by atoms with Gasteiger partial charge in [-0.25, -0.2) is 14.6 Å². The number of methoxy groups -OCH3 is 1. The Labute approximate surface area is 311 Å². The van der Waals surface area contributed by atoms with E-state index in [2.05, 4.69) is 10.6 Å². The second-order valence-electron chi connectivity index (χ2n) is 13.5. The van der Waals surface area contributed by atoms with Crippen LogP contribution in [0, 0.1) is 6.92 Å². The van der Waals surface area contributed by atoms with E-state index in [4.69, 9.17) is 26.1 Å². The number of pyridine rings is 1. The van der Waals surface area contributed by atoms with E-state index in [1.165, 1.54) is 24.9 Å². The van der Waals surface area contributed by atoms with Crippen molar-refractivity contribution in [3.8, 4) is 28.3 Å². The number of ether oxygens (including phenoxy) is 2. The van der Waals surface area contributed by atoms with E-state index in [-0.39, 0.29) is 23.6 Å². The van der Waals surface area contributed by atoms with Crippen LogP contribution in [0.4, 0.5) is 10.5 Å². The van der Waals surface area contributed by atoms with Crippen LogP contribution in [0.25, 0.3) is 22.4 Å². The van der Waals surface area contributed by atoms with Crippen molar-refractivity contribution in [2.24, 2.45) is 14.1 Å². The smallest absolute Gasteiger partial charge is 0.410 e. The summed E-state index contributed by atoms with van der Waals surface area (Å²) in [6.07, 6.45) is 4.82. The van der Waals surface area contributed by atoms with Gasteiger partial charge in [-0.05, 0) is 61.4 Å². The van der Waals surface area contributed by atoms with Crippen LogP contribution in [-0.4, -0.2) is 63.2 Å². The van der Waals surface area contributed by atoms with Crippen LogP contribution in [0.1, 0.15) is 72.1 Å². The topological polar surface area (TPSA) is 154 Å². The summed E-state index contributed by atoms with van der Waals surface area (Å²) in [6, 6.07) is 12.5. The zero-order chi connectivity index (χ0) is 38.0. The van der Waals surface area contributed by atoms with Gasteiger partial charge in [-0.3, -0.25) is 23.9 Å². The van der Waals surface area contributed by atoms with Gasteiger partial charge in [0.15, 0.2) is 0 Å². The van der Waals surface area contributed by atoms with E-state index < -0.39 is 23.2 Å². The van der Waals surface area contributed by atoms with Crippen LogP contribution in [-0.2, 0) is 30.0 Å². The van der Waals surface area contributed by atoms with Crippen molar-refractivity contribution in [2.75, 3.05) is 25.6 Å². The van der Waals surface area contributed by atoms with Gasteiger partial charge in [0.1, 0.15) is 5.56 Å². The van der Waals surface area contributed by atoms with Crippen molar-refractivity contribution in [3.63, 3.8) is 0 Å². The summed E-state index contributed by atoms with van der Waals surface area (Å²) >= 11 is 7.16. The number of anilines is 1. The van der Waals surface area contributed by atoms with E-state index in [1.807, 2.05) is 44.2 Å². The highest BCUT2D eigenvalue weighted by Gasteiger charge is 2.38. The minimum atomic E-state index is -0.694. The average Bonchev–Trinajstić information content (AvgIpc) is 3.77. The molecule has 6 rings (SSSR count). The molecule has 1 fully saturated rings. The first kappa shape index (κ1) is 37.3. The zero-order valence-electron chi connectivity index (χ0n) is 30.5. The zero-order valence-corrected chi connectivity index (χ0v) is 31.2. The van der Waals surface area contributed by atoms with E-state index in [9.17, 15) is 24.0 Å². The molecule has 2 N–H and O–H groups in total. The van der Waals surface area contributed by atoms with Crippen LogP contribution in [0.3, 0.4) is 0 Å². The number of hydrogen-bond donors (Lipinski definition) is 2. The number of amides is 3. The summed E-state index contributed by atoms with van der Waals surface area (Å²) in [6.45, 7) is 4.51. The molecule has 14 heteroatoms. The SMILES string of the molecule is CCCCOC(=O)N(CC1CCC(=O)N1)C1CCc2cc(-c3cccc(-c4cccc(NC(=O)c5cn(C)c(=O)n(C)c5=O)c4C)c3Cl)nc(OC)c21. The fourth-order valence-electron chi connectivity index (χ4n) is 7.11. The molecule has 2 aromatic heterocycles. The van der Waals surface area contributed by atoms with E-state index in [0.717, 1.165) is 34.1 Å². The molecule has 2 atom stereocenters. The first-order chi connectivity index (χ1) is 25.4. The first-order valence-corrected chi connectivity index (χ1v) is 18.1. The van der Waals surface area contributed by atoms with Crippen molar-refractivity contribution in [3.05, 3.63) is 96.8 Å². The predicted octanol–water partition coefficient (Wildman–Crippen LogP) is 5.54. The van der Waals surface area contributed by atoms with Crippen molar-refractivity contribution < 1.29 is 23.9 Å². The molecule has 53 heavy (non-hydrogen) atoms. The van der Waals surface area contributed by atoms with Crippen molar-refractivity contribution in [2.45, 2.75) is 64.5 Å². The van der Waals surface area contributed by atoms with Gasteiger partial charge in [0, 0.05) is 61.7 Å². The molecule has 3 amide bonds. The third kappa shape index (κ3) is 7.43. The number of benzene rings is 2. The van der Waals surface area contributed by atoms with Gasteiger partial charge in [-0.1, -0.05) is 55.3 Å². The number of aryl methyl sites for hydroxylation is 2. The first-order valence-electron chi connectivity index (χ1n) is 17.7. The Balaban J connectivity index is 1.32. The third-order valence-electron chi connectivity index (χ3n) is 10.00. The molecular weight excluding hydrogens is 700 g/mol. The Bertz CT molecular complexity index is 2210. The molecule has 0 spiro atoms. The fourth-order valence-corrected chi connectivity index (χ4v) is 7.43. The van der Waals surface area contributed by atoms with Crippen molar-refractivity contribution in [1.29, 1.82) is 0 Å². The van der Waals surface area contributed by atoms with E-state index in [1.54, 1.807) is 24.1 Å². The number of carbonyl (C=O) groups is 3. The monoisotopic (exact) mass is 742 g/mol. The maximum absolute atomic E-state index is 13.5. The number of aromatic nitrogens is 3. The second-order valence-corrected chi connectivity index (χ2v) is 13.8. The van der Waals surface area contributed by atoms with Gasteiger partial charge in [-0.15, -0.1) is 0 Å². The molecule has 13 nitrogen and oxygen atoms in total. The largest absolute Gasteiger partial charge is 0.481 e. The summed E-state index contributed by atoms with van der Waals surface area (Å²) in [5.41, 5.74) is 4.31. The number of hydrogen-bond acceptors (Lipinski definition) is 8. The Hall–Kier alpha value is -5.43. The molecule has 4 aromatic rings. The Morgan fingerprint density at radius 2 is 1.79 bits per heavy atom. The number of halogens is 1. The predicted molar refractivity (Wildman–Crippen MR) is 201 cm³/mol. The Morgan fingerprint density at radius 3 is 2.51 bits per heavy atom. The number of rotatable bonds is 11. The Morgan fingerprint density at radius 1 is 1.06 bits per heavy atom. The number of carbonyl (C=O) groups excluding carboxylic acids is 3. The highest BCUT2D eigenvalue weighted by molar-refractivity contribution is 6.36. The van der Waals surface area contributed by atoms with Crippen molar-refractivity contribution in [1.82, 2.24) is 24.3 Å². The van der Waals surface area contributed by atoms with Gasteiger partial charge in [0.25, 0.3) is 11.5 Å². The van der Waals surface area contributed by atoms with Gasteiger partial charge in [0.2, 0.25) is 11.8 Å². The molecule has 3 heterocycles. The van der Waals surface area contributed by atoms with Crippen molar-refractivity contribution >= 4 is 35.2 Å². The molecule has 2 unspecified atom stereocenters. The lowest BCUT2D eigenvalue weighted by molar-refractivity contribution is -0.119. The maximum atomic E-state index is 13.5. The summed E-state index contributed by atoms with van der Waals surface area (Å²) in [4.78, 5) is 70.2. The molecule has 2 aromatic carbocycles. The highest BCUT2D eigenvalue weighted by atomic mass is 35.5. The summed E-state index contributed by atoms with van der Waals surface area (Å²) in [5, 5.41) is 6.24.